The van der Waals surface area contributed by atoms with E-state index in [-0.39, 0.29) is 54.7 Å². The van der Waals surface area contributed by atoms with Crippen molar-refractivity contribution in [3.63, 3.8) is 0 Å². The van der Waals surface area contributed by atoms with E-state index < -0.39 is 29.6 Å². The number of primary amides is 1. The first-order valence-electron chi connectivity index (χ1n) is 18.7. The quantitative estimate of drug-likeness (QED) is 0.121. The molecule has 0 aliphatic rings. The maximum Gasteiger partial charge on any atom is 0.304 e. The Labute approximate surface area is 320 Å². The molecule has 4 rings (SSSR count). The second-order valence-electron chi connectivity index (χ2n) is 14.7. The number of benzene rings is 2. The molecule has 0 spiro atoms. The monoisotopic (exact) mass is 735 g/mol. The Balaban J connectivity index is 0.000000290. The van der Waals surface area contributed by atoms with E-state index in [9.17, 15) is 24.3 Å². The molecule has 0 saturated carbocycles. The Hall–Kier alpha value is -5.38. The highest BCUT2D eigenvalue weighted by Gasteiger charge is 2.38. The number of rotatable bonds is 16. The number of nitrogens with zero attached hydrogens (tertiary/aromatic N) is 4. The summed E-state index contributed by atoms with van der Waals surface area (Å²) >= 11 is 0. The molecule has 2 aromatic heterocycles. The van der Waals surface area contributed by atoms with Gasteiger partial charge >= 0.3 is 5.97 Å². The molecular weight excluding hydrogens is 679 g/mol. The molecule has 0 saturated heterocycles. The summed E-state index contributed by atoms with van der Waals surface area (Å²) in [6, 6.07) is 26.5. The van der Waals surface area contributed by atoms with E-state index in [1.807, 2.05) is 144 Å². The molecule has 10 heteroatoms. The number of carboxylic acid groups (broad SMARTS) is 1. The van der Waals surface area contributed by atoms with E-state index in [2.05, 4.69) is 9.97 Å². The zero-order chi connectivity index (χ0) is 39.9. The van der Waals surface area contributed by atoms with Crippen LogP contribution in [-0.2, 0) is 19.2 Å². The van der Waals surface area contributed by atoms with Crippen molar-refractivity contribution in [2.24, 2.45) is 5.73 Å². The summed E-state index contributed by atoms with van der Waals surface area (Å²) < 4.78 is 0. The summed E-state index contributed by atoms with van der Waals surface area (Å²) in [5.74, 6) is -3.38. The van der Waals surface area contributed by atoms with Gasteiger partial charge < -0.3 is 20.6 Å². The number of hydrogen-bond donors (Lipinski definition) is 2. The minimum atomic E-state index is -0.925. The van der Waals surface area contributed by atoms with Gasteiger partial charge in [-0.15, -0.1) is 0 Å². The van der Waals surface area contributed by atoms with E-state index in [0.29, 0.717) is 0 Å². The molecule has 0 aliphatic carbocycles. The summed E-state index contributed by atoms with van der Waals surface area (Å²) in [4.78, 5) is 62.9. The lowest BCUT2D eigenvalue weighted by Gasteiger charge is -2.37. The van der Waals surface area contributed by atoms with Crippen LogP contribution in [0.2, 0.25) is 0 Å². The van der Waals surface area contributed by atoms with Crippen molar-refractivity contribution in [3.05, 3.63) is 132 Å². The Morgan fingerprint density at radius 2 is 0.870 bits per heavy atom. The maximum absolute atomic E-state index is 13.7. The number of amides is 3. The molecular formula is C44H57N5O5. The van der Waals surface area contributed by atoms with Gasteiger partial charge in [0.15, 0.2) is 0 Å². The first-order valence-corrected chi connectivity index (χ1v) is 18.7. The lowest BCUT2D eigenvalue weighted by atomic mass is 9.78. The van der Waals surface area contributed by atoms with Crippen LogP contribution >= 0.6 is 0 Å². The summed E-state index contributed by atoms with van der Waals surface area (Å²) in [5, 5.41) is 9.54. The second kappa shape index (κ2) is 20.8. The van der Waals surface area contributed by atoms with Crippen LogP contribution in [0.25, 0.3) is 0 Å². The fourth-order valence-corrected chi connectivity index (χ4v) is 7.41. The molecule has 4 unspecified atom stereocenters. The van der Waals surface area contributed by atoms with Gasteiger partial charge in [-0.1, -0.05) is 72.8 Å². The number of carbonyl (C=O) groups excluding carboxylic acids is 3. The first-order chi connectivity index (χ1) is 25.6. The smallest absolute Gasteiger partial charge is 0.304 e. The standard InChI is InChI=1S/C22H29N3O2.C22H28N2O3/c1-15(2)25(16(3)4)22(27)21(18-11-8-12-24-14-18)19(13-20(23)26)17-9-6-5-7-10-17;1-15(2)24(16(3)4)22(27)21(18-11-8-12-23-14-18)19(13-20(25)26)17-9-6-5-7-10-17/h5-12,14-16,19,21H,13H2,1-4H3,(H2,23,26);5-12,14-16,19,21H,13H2,1-4H3,(H,25,26). The number of aromatic nitrogens is 2. The first kappa shape index (κ1) is 43.0. The Kier molecular flexibility index (Phi) is 16.5. The highest BCUT2D eigenvalue weighted by Crippen LogP contribution is 2.39. The van der Waals surface area contributed by atoms with Crippen molar-refractivity contribution in [3.8, 4) is 0 Å². The van der Waals surface area contributed by atoms with Crippen molar-refractivity contribution in [2.75, 3.05) is 0 Å². The fraction of sp³-hybridized carbons (Fsp3) is 0.409. The third kappa shape index (κ3) is 11.8. The van der Waals surface area contributed by atoms with Gasteiger partial charge in [0.2, 0.25) is 17.7 Å². The number of carbonyl (C=O) groups is 4. The number of carboxylic acids is 1. The SMILES string of the molecule is CC(C)N(C(=O)C(c1cccnc1)C(CC(=O)O)c1ccccc1)C(C)C.CC(C)N(C(=O)C(c1cccnc1)C(CC(N)=O)c1ccccc1)C(C)C. The Morgan fingerprint density at radius 3 is 1.15 bits per heavy atom. The third-order valence-electron chi connectivity index (χ3n) is 9.43. The van der Waals surface area contributed by atoms with E-state index in [1.54, 1.807) is 30.9 Å². The minimum Gasteiger partial charge on any atom is -0.481 e. The average Bonchev–Trinajstić information content (AvgIpc) is 3.12. The van der Waals surface area contributed by atoms with Crippen LogP contribution in [-0.4, -0.2) is 72.7 Å². The van der Waals surface area contributed by atoms with Crippen LogP contribution in [0.1, 0.15) is 114 Å². The van der Waals surface area contributed by atoms with Gasteiger partial charge in [-0.3, -0.25) is 29.1 Å². The molecule has 3 N–H and O–H groups in total. The van der Waals surface area contributed by atoms with Crippen molar-refractivity contribution in [1.29, 1.82) is 0 Å². The van der Waals surface area contributed by atoms with Gasteiger partial charge in [0.1, 0.15) is 0 Å². The molecule has 0 bridgehead atoms. The number of pyridine rings is 2. The van der Waals surface area contributed by atoms with E-state index in [1.165, 1.54) is 0 Å². The molecule has 0 aliphatic heterocycles. The van der Waals surface area contributed by atoms with Gasteiger partial charge in [-0.05, 0) is 89.8 Å². The lowest BCUT2D eigenvalue weighted by Crippen LogP contribution is -2.46. The van der Waals surface area contributed by atoms with Crippen molar-refractivity contribution in [2.45, 2.75) is 116 Å². The maximum atomic E-state index is 13.7. The molecule has 54 heavy (non-hydrogen) atoms. The van der Waals surface area contributed by atoms with Crippen LogP contribution in [0.4, 0.5) is 0 Å². The van der Waals surface area contributed by atoms with E-state index >= 15 is 0 Å². The predicted molar refractivity (Wildman–Crippen MR) is 213 cm³/mol. The highest BCUT2D eigenvalue weighted by atomic mass is 16.4. The molecule has 2 heterocycles. The van der Waals surface area contributed by atoms with Gasteiger partial charge in [0.05, 0.1) is 18.3 Å². The summed E-state index contributed by atoms with van der Waals surface area (Å²) in [6.07, 6.45) is 6.68. The van der Waals surface area contributed by atoms with Gasteiger partial charge in [-0.2, -0.15) is 0 Å². The van der Waals surface area contributed by atoms with Crippen molar-refractivity contribution < 1.29 is 24.3 Å². The Morgan fingerprint density at radius 1 is 0.537 bits per heavy atom. The minimum absolute atomic E-state index is 0.0110. The van der Waals surface area contributed by atoms with Crippen molar-refractivity contribution in [1.82, 2.24) is 19.8 Å². The number of nitrogens with two attached hydrogens (primary N) is 1. The summed E-state index contributed by atoms with van der Waals surface area (Å²) in [5.41, 5.74) is 8.86. The molecule has 0 fully saturated rings. The van der Waals surface area contributed by atoms with Crippen LogP contribution in [0, 0.1) is 0 Å². The van der Waals surface area contributed by atoms with E-state index in [0.717, 1.165) is 22.3 Å². The molecule has 10 nitrogen and oxygen atoms in total. The summed E-state index contributed by atoms with van der Waals surface area (Å²) in [6.45, 7) is 15.9. The van der Waals surface area contributed by atoms with Crippen LogP contribution in [0.5, 0.6) is 0 Å². The van der Waals surface area contributed by atoms with Gasteiger partial charge in [0, 0.05) is 67.2 Å². The molecule has 3 amide bonds. The highest BCUT2D eigenvalue weighted by molar-refractivity contribution is 5.87. The fourth-order valence-electron chi connectivity index (χ4n) is 7.41. The summed E-state index contributed by atoms with van der Waals surface area (Å²) in [7, 11) is 0. The molecule has 4 aromatic rings. The van der Waals surface area contributed by atoms with Crippen LogP contribution < -0.4 is 5.73 Å². The predicted octanol–water partition coefficient (Wildman–Crippen LogP) is 7.54. The largest absolute Gasteiger partial charge is 0.481 e. The lowest BCUT2D eigenvalue weighted by molar-refractivity contribution is -0.140. The molecule has 0 radical (unpaired) electrons. The third-order valence-corrected chi connectivity index (χ3v) is 9.43. The Bertz CT molecular complexity index is 1600. The normalized spacial score (nSPS) is 13.4. The average molecular weight is 736 g/mol. The van der Waals surface area contributed by atoms with Crippen LogP contribution in [0.15, 0.2) is 110 Å². The van der Waals surface area contributed by atoms with Gasteiger partial charge in [0.25, 0.3) is 0 Å². The van der Waals surface area contributed by atoms with Crippen molar-refractivity contribution >= 4 is 23.7 Å². The number of hydrogen-bond acceptors (Lipinski definition) is 6. The number of aliphatic carboxylic acids is 1. The van der Waals surface area contributed by atoms with Crippen LogP contribution in [0.3, 0.4) is 0 Å². The molecule has 2 aromatic carbocycles. The molecule has 288 valence electrons. The topological polar surface area (TPSA) is 147 Å². The van der Waals surface area contributed by atoms with Gasteiger partial charge in [-0.25, -0.2) is 0 Å². The zero-order valence-corrected chi connectivity index (χ0v) is 32.9. The second-order valence-corrected chi connectivity index (χ2v) is 14.7. The molecule has 4 atom stereocenters. The zero-order valence-electron chi connectivity index (χ0n) is 32.9. The van der Waals surface area contributed by atoms with E-state index in [4.69, 9.17) is 5.73 Å².